The second kappa shape index (κ2) is 6.05. The lowest BCUT2D eigenvalue weighted by molar-refractivity contribution is 0.0595. The fourth-order valence-corrected chi connectivity index (χ4v) is 2.60. The molecule has 0 spiro atoms. The first kappa shape index (κ1) is 13.8. The Morgan fingerprint density at radius 3 is 3.00 bits per heavy atom. The molecule has 0 bridgehead atoms. The van der Waals surface area contributed by atoms with Crippen LogP contribution in [0.3, 0.4) is 0 Å². The van der Waals surface area contributed by atoms with Gasteiger partial charge in [0.05, 0.1) is 17.8 Å². The van der Waals surface area contributed by atoms with Crippen molar-refractivity contribution >= 4 is 22.6 Å². The molecule has 2 aromatic rings. The van der Waals surface area contributed by atoms with Crippen LogP contribution in [0.4, 0.5) is 5.69 Å². The van der Waals surface area contributed by atoms with Crippen molar-refractivity contribution in [3.8, 4) is 0 Å². The first-order chi connectivity index (χ1) is 10.3. The number of nitrogens with zero attached hydrogens (tertiary/aromatic N) is 2. The van der Waals surface area contributed by atoms with Crippen LogP contribution >= 0.6 is 0 Å². The summed E-state index contributed by atoms with van der Waals surface area (Å²) in [6.45, 7) is 2.21. The summed E-state index contributed by atoms with van der Waals surface area (Å²) in [5.41, 5.74) is 1.19. The van der Waals surface area contributed by atoms with E-state index in [4.69, 9.17) is 4.74 Å². The zero-order valence-electron chi connectivity index (χ0n) is 11.6. The smallest absolute Gasteiger partial charge is 0.358 e. The van der Waals surface area contributed by atoms with Crippen LogP contribution < -0.4 is 5.32 Å². The van der Waals surface area contributed by atoms with Gasteiger partial charge >= 0.3 is 5.97 Å². The molecule has 1 aromatic heterocycles. The first-order valence-corrected chi connectivity index (χ1v) is 7.06. The largest absolute Gasteiger partial charge is 0.476 e. The second-order valence-electron chi connectivity index (χ2n) is 5.21. The van der Waals surface area contributed by atoms with E-state index in [1.165, 1.54) is 0 Å². The van der Waals surface area contributed by atoms with Crippen LogP contribution in [-0.2, 0) is 4.74 Å². The highest BCUT2D eigenvalue weighted by molar-refractivity contribution is 6.02. The second-order valence-corrected chi connectivity index (χ2v) is 5.21. The van der Waals surface area contributed by atoms with Gasteiger partial charge in [-0.25, -0.2) is 4.79 Å². The fourth-order valence-electron chi connectivity index (χ4n) is 2.60. The van der Waals surface area contributed by atoms with Gasteiger partial charge < -0.3 is 15.2 Å². The van der Waals surface area contributed by atoms with Crippen LogP contribution in [0.25, 0.3) is 10.9 Å². The van der Waals surface area contributed by atoms with Gasteiger partial charge in [0, 0.05) is 18.5 Å². The lowest BCUT2D eigenvalue weighted by Crippen LogP contribution is -2.25. The van der Waals surface area contributed by atoms with E-state index in [0.29, 0.717) is 30.3 Å². The van der Waals surface area contributed by atoms with E-state index in [1.54, 1.807) is 0 Å². The first-order valence-electron chi connectivity index (χ1n) is 7.06. The molecule has 1 atom stereocenters. The van der Waals surface area contributed by atoms with Crippen molar-refractivity contribution < 1.29 is 14.6 Å². The summed E-state index contributed by atoms with van der Waals surface area (Å²) in [6.07, 6.45) is 2.14. The minimum absolute atomic E-state index is 0.0366. The number of aromatic nitrogens is 2. The number of nitrogens with one attached hydrogen (secondary N) is 1. The van der Waals surface area contributed by atoms with Gasteiger partial charge in [-0.2, -0.15) is 0 Å². The van der Waals surface area contributed by atoms with Crippen molar-refractivity contribution in [1.29, 1.82) is 0 Å². The van der Waals surface area contributed by atoms with E-state index in [2.05, 4.69) is 15.5 Å². The number of carboxylic acid groups (broad SMARTS) is 1. The van der Waals surface area contributed by atoms with Crippen molar-refractivity contribution in [1.82, 2.24) is 10.2 Å². The van der Waals surface area contributed by atoms with Gasteiger partial charge in [-0.15, -0.1) is 10.2 Å². The number of ether oxygens (including phenoxy) is 1. The summed E-state index contributed by atoms with van der Waals surface area (Å²) >= 11 is 0. The maximum atomic E-state index is 11.3. The lowest BCUT2D eigenvalue weighted by atomic mass is 10.0. The van der Waals surface area contributed by atoms with Crippen LogP contribution in [0.2, 0.25) is 0 Å². The number of hydrogen-bond acceptors (Lipinski definition) is 5. The molecule has 1 unspecified atom stereocenters. The van der Waals surface area contributed by atoms with Gasteiger partial charge in [0.1, 0.15) is 0 Å². The van der Waals surface area contributed by atoms with Crippen LogP contribution in [0.1, 0.15) is 23.3 Å². The molecule has 1 aliphatic heterocycles. The average Bonchev–Trinajstić information content (AvgIpc) is 2.53. The van der Waals surface area contributed by atoms with Crippen molar-refractivity contribution in [3.05, 3.63) is 30.0 Å². The molecule has 2 heterocycles. The predicted octanol–water partition coefficient (Wildman–Crippen LogP) is 2.17. The molecule has 2 N–H and O–H groups in total. The number of rotatable bonds is 4. The van der Waals surface area contributed by atoms with E-state index in [1.807, 2.05) is 24.3 Å². The molecule has 0 radical (unpaired) electrons. The normalized spacial score (nSPS) is 18.6. The number of aromatic carboxylic acids is 1. The molecular formula is C15H17N3O3. The van der Waals surface area contributed by atoms with E-state index < -0.39 is 5.97 Å². The van der Waals surface area contributed by atoms with Crippen LogP contribution in [0.5, 0.6) is 0 Å². The minimum atomic E-state index is -1.07. The van der Waals surface area contributed by atoms with Crippen molar-refractivity contribution in [2.75, 3.05) is 25.1 Å². The molecule has 21 heavy (non-hydrogen) atoms. The predicted molar refractivity (Wildman–Crippen MR) is 78.5 cm³/mol. The van der Waals surface area contributed by atoms with Crippen LogP contribution in [0.15, 0.2) is 24.3 Å². The molecule has 1 fully saturated rings. The Labute approximate surface area is 122 Å². The molecule has 0 amide bonds. The lowest BCUT2D eigenvalue weighted by Gasteiger charge is -2.23. The number of hydrogen-bond donors (Lipinski definition) is 2. The van der Waals surface area contributed by atoms with E-state index in [0.717, 1.165) is 24.8 Å². The molecule has 6 nitrogen and oxygen atoms in total. The summed E-state index contributed by atoms with van der Waals surface area (Å²) in [7, 11) is 0. The third-order valence-electron chi connectivity index (χ3n) is 3.69. The monoisotopic (exact) mass is 287 g/mol. The minimum Gasteiger partial charge on any atom is -0.476 e. The Bertz CT molecular complexity index is 654. The summed E-state index contributed by atoms with van der Waals surface area (Å²) in [5, 5.41) is 21.1. The van der Waals surface area contributed by atoms with E-state index in [9.17, 15) is 9.90 Å². The van der Waals surface area contributed by atoms with Crippen molar-refractivity contribution in [2.24, 2.45) is 5.92 Å². The highest BCUT2D eigenvalue weighted by Gasteiger charge is 2.19. The Morgan fingerprint density at radius 1 is 1.38 bits per heavy atom. The fraction of sp³-hybridized carbons (Fsp3) is 0.400. The van der Waals surface area contributed by atoms with Crippen molar-refractivity contribution in [2.45, 2.75) is 12.8 Å². The molecule has 1 aromatic carbocycles. The van der Waals surface area contributed by atoms with Gasteiger partial charge in [-0.3, -0.25) is 0 Å². The molecule has 0 aliphatic carbocycles. The summed E-state index contributed by atoms with van der Waals surface area (Å²) in [6, 6.07) is 7.40. The van der Waals surface area contributed by atoms with Gasteiger partial charge in [-0.05, 0) is 24.8 Å². The molecule has 0 saturated carbocycles. The topological polar surface area (TPSA) is 84.3 Å². The van der Waals surface area contributed by atoms with Gasteiger partial charge in [0.15, 0.2) is 5.69 Å². The third kappa shape index (κ3) is 2.95. The number of fused-ring (bicyclic) bond motifs is 1. The van der Waals surface area contributed by atoms with E-state index >= 15 is 0 Å². The zero-order valence-corrected chi connectivity index (χ0v) is 11.6. The Balaban J connectivity index is 1.90. The Morgan fingerprint density at radius 2 is 2.24 bits per heavy atom. The maximum Gasteiger partial charge on any atom is 0.358 e. The highest BCUT2D eigenvalue weighted by atomic mass is 16.5. The van der Waals surface area contributed by atoms with E-state index in [-0.39, 0.29) is 5.69 Å². The molecule has 1 aliphatic rings. The van der Waals surface area contributed by atoms with Crippen LogP contribution in [-0.4, -0.2) is 41.0 Å². The van der Waals surface area contributed by atoms with Gasteiger partial charge in [0.2, 0.25) is 0 Å². The molecule has 3 rings (SSSR count). The summed E-state index contributed by atoms with van der Waals surface area (Å²) < 4.78 is 5.45. The molecule has 1 saturated heterocycles. The Kier molecular flexibility index (Phi) is 3.96. The molecular weight excluding hydrogens is 270 g/mol. The van der Waals surface area contributed by atoms with Crippen LogP contribution in [0, 0.1) is 5.92 Å². The number of carbonyl (C=O) groups is 1. The maximum absolute atomic E-state index is 11.3. The SMILES string of the molecule is O=C(O)c1nnc2ccccc2c1NCC1CCCOC1. The van der Waals surface area contributed by atoms with Gasteiger partial charge in [-0.1, -0.05) is 18.2 Å². The molecule has 6 heteroatoms. The number of benzene rings is 1. The third-order valence-corrected chi connectivity index (χ3v) is 3.69. The average molecular weight is 287 g/mol. The summed E-state index contributed by atoms with van der Waals surface area (Å²) in [4.78, 5) is 11.3. The highest BCUT2D eigenvalue weighted by Crippen LogP contribution is 2.25. The quantitative estimate of drug-likeness (QED) is 0.896. The number of anilines is 1. The van der Waals surface area contributed by atoms with Gasteiger partial charge in [0.25, 0.3) is 0 Å². The zero-order chi connectivity index (χ0) is 14.7. The Hall–Kier alpha value is -2.21. The summed E-state index contributed by atoms with van der Waals surface area (Å²) in [5.74, 6) is -0.678. The molecule has 110 valence electrons. The van der Waals surface area contributed by atoms with Crippen molar-refractivity contribution in [3.63, 3.8) is 0 Å². The standard InChI is InChI=1S/C15H17N3O3/c19-15(20)14-13(16-8-10-4-3-7-21-9-10)11-5-1-2-6-12(11)17-18-14/h1-2,5-6,10H,3-4,7-9H2,(H,16,17)(H,19,20). The number of carboxylic acids is 1.